The van der Waals surface area contributed by atoms with E-state index < -0.39 is 5.82 Å². The van der Waals surface area contributed by atoms with Gasteiger partial charge in [0.2, 0.25) is 0 Å². The van der Waals surface area contributed by atoms with Gasteiger partial charge in [-0.1, -0.05) is 11.6 Å². The second kappa shape index (κ2) is 5.18. The molecule has 2 aromatic rings. The largest absolute Gasteiger partial charge is 0.494 e. The van der Waals surface area contributed by atoms with Crippen molar-refractivity contribution < 1.29 is 9.13 Å². The van der Waals surface area contributed by atoms with Crippen LogP contribution in [-0.2, 0) is 0 Å². The van der Waals surface area contributed by atoms with Crippen LogP contribution in [0.2, 0.25) is 5.15 Å². The minimum absolute atomic E-state index is 0.192. The van der Waals surface area contributed by atoms with Crippen LogP contribution in [0.5, 0.6) is 5.75 Å². The third-order valence-electron chi connectivity index (χ3n) is 2.23. The van der Waals surface area contributed by atoms with Gasteiger partial charge < -0.3 is 10.1 Å². The molecule has 0 amide bonds. The summed E-state index contributed by atoms with van der Waals surface area (Å²) in [7, 11) is 1.42. The lowest BCUT2D eigenvalue weighted by molar-refractivity contribution is 0.386. The minimum Gasteiger partial charge on any atom is -0.494 e. The minimum atomic E-state index is -0.445. The molecule has 0 bridgehead atoms. The van der Waals surface area contributed by atoms with E-state index in [-0.39, 0.29) is 5.75 Å². The number of hydrogen-bond acceptors (Lipinski definition) is 4. The zero-order chi connectivity index (χ0) is 13.1. The maximum absolute atomic E-state index is 13.5. The Morgan fingerprint density at radius 3 is 2.67 bits per heavy atom. The van der Waals surface area contributed by atoms with Crippen molar-refractivity contribution in [1.82, 2.24) is 9.97 Å². The number of nitrogens with zero attached hydrogens (tertiary/aromatic N) is 2. The fourth-order valence-corrected chi connectivity index (χ4v) is 1.71. The van der Waals surface area contributed by atoms with Gasteiger partial charge >= 0.3 is 0 Å². The van der Waals surface area contributed by atoms with Crippen molar-refractivity contribution in [3.05, 3.63) is 41.1 Å². The van der Waals surface area contributed by atoms with Gasteiger partial charge in [0.15, 0.2) is 11.6 Å². The highest BCUT2D eigenvalue weighted by atomic mass is 35.5. The molecule has 4 nitrogen and oxygen atoms in total. The second-order valence-corrected chi connectivity index (χ2v) is 3.98. The highest BCUT2D eigenvalue weighted by molar-refractivity contribution is 6.29. The van der Waals surface area contributed by atoms with E-state index in [0.29, 0.717) is 22.5 Å². The van der Waals surface area contributed by atoms with Crippen LogP contribution in [0.25, 0.3) is 0 Å². The fraction of sp³-hybridized carbons (Fsp3) is 0.167. The molecule has 0 atom stereocenters. The van der Waals surface area contributed by atoms with E-state index in [2.05, 4.69) is 15.3 Å². The van der Waals surface area contributed by atoms with E-state index in [9.17, 15) is 4.39 Å². The zero-order valence-corrected chi connectivity index (χ0v) is 10.6. The first-order valence-corrected chi connectivity index (χ1v) is 5.58. The number of anilines is 2. The maximum atomic E-state index is 13.5. The van der Waals surface area contributed by atoms with Crippen molar-refractivity contribution in [2.24, 2.45) is 0 Å². The summed E-state index contributed by atoms with van der Waals surface area (Å²) in [5.74, 6) is 0.799. The quantitative estimate of drug-likeness (QED) is 0.867. The molecule has 0 aliphatic carbocycles. The number of aromatic nitrogens is 2. The summed E-state index contributed by atoms with van der Waals surface area (Å²) in [6, 6.07) is 6.11. The number of hydrogen-bond donors (Lipinski definition) is 1. The Labute approximate surface area is 109 Å². The number of methoxy groups -OCH3 is 1. The first-order chi connectivity index (χ1) is 8.58. The number of nitrogens with one attached hydrogen (secondary N) is 1. The summed E-state index contributed by atoms with van der Waals surface area (Å²) in [4.78, 5) is 8.08. The SMILES string of the molecule is COc1ccc(Nc2cc(Cl)nc(C)n2)cc1F. The number of benzene rings is 1. The Bertz CT molecular complexity index is 557. The van der Waals surface area contributed by atoms with Crippen molar-refractivity contribution in [1.29, 1.82) is 0 Å². The number of aryl methyl sites for hydroxylation is 1. The molecule has 2 rings (SSSR count). The summed E-state index contributed by atoms with van der Waals surface area (Å²) in [6.07, 6.45) is 0. The molecule has 0 fully saturated rings. The summed E-state index contributed by atoms with van der Waals surface area (Å²) < 4.78 is 18.3. The molecule has 1 aromatic carbocycles. The molecular weight excluding hydrogens is 257 g/mol. The molecule has 94 valence electrons. The molecule has 0 radical (unpaired) electrons. The maximum Gasteiger partial charge on any atom is 0.167 e. The molecule has 0 unspecified atom stereocenters. The molecule has 6 heteroatoms. The van der Waals surface area contributed by atoms with Crippen molar-refractivity contribution in [2.45, 2.75) is 6.92 Å². The number of ether oxygens (including phenoxy) is 1. The Morgan fingerprint density at radius 2 is 2.06 bits per heavy atom. The van der Waals surface area contributed by atoms with Crippen molar-refractivity contribution in [3.63, 3.8) is 0 Å². The van der Waals surface area contributed by atoms with Crippen LogP contribution in [0, 0.1) is 12.7 Å². The molecule has 1 aromatic heterocycles. The van der Waals surface area contributed by atoms with E-state index in [0.717, 1.165) is 0 Å². The van der Waals surface area contributed by atoms with Gasteiger partial charge in [-0.15, -0.1) is 0 Å². The lowest BCUT2D eigenvalue weighted by atomic mass is 10.3. The van der Waals surface area contributed by atoms with Crippen LogP contribution in [0.3, 0.4) is 0 Å². The molecule has 0 spiro atoms. The van der Waals surface area contributed by atoms with E-state index >= 15 is 0 Å². The van der Waals surface area contributed by atoms with Gasteiger partial charge in [0.1, 0.15) is 16.8 Å². The standard InChI is InChI=1S/C12H11ClFN3O/c1-7-15-11(13)6-12(16-7)17-8-3-4-10(18-2)9(14)5-8/h3-6H,1-2H3,(H,15,16,17). The molecule has 1 heterocycles. The first-order valence-electron chi connectivity index (χ1n) is 5.20. The summed E-state index contributed by atoms with van der Waals surface area (Å²) in [5, 5.41) is 3.28. The molecule has 0 saturated carbocycles. The fourth-order valence-electron chi connectivity index (χ4n) is 1.49. The highest BCUT2D eigenvalue weighted by Crippen LogP contribution is 2.23. The second-order valence-electron chi connectivity index (χ2n) is 3.60. The van der Waals surface area contributed by atoms with Crippen molar-refractivity contribution >= 4 is 23.1 Å². The average Bonchev–Trinajstić information content (AvgIpc) is 2.27. The van der Waals surface area contributed by atoms with Gasteiger partial charge in [-0.25, -0.2) is 14.4 Å². The molecular formula is C12H11ClFN3O. The Morgan fingerprint density at radius 1 is 1.28 bits per heavy atom. The van der Waals surface area contributed by atoms with Gasteiger partial charge in [0.05, 0.1) is 7.11 Å². The number of halogens is 2. The zero-order valence-electron chi connectivity index (χ0n) is 9.87. The van der Waals surface area contributed by atoms with Crippen LogP contribution in [0.15, 0.2) is 24.3 Å². The third-order valence-corrected chi connectivity index (χ3v) is 2.42. The lowest BCUT2D eigenvalue weighted by Gasteiger charge is -2.08. The molecule has 0 aliphatic rings. The first kappa shape index (κ1) is 12.6. The number of rotatable bonds is 3. The van der Waals surface area contributed by atoms with Crippen LogP contribution in [0.1, 0.15) is 5.82 Å². The Hall–Kier alpha value is -1.88. The average molecular weight is 268 g/mol. The Kier molecular flexibility index (Phi) is 3.62. The van der Waals surface area contributed by atoms with Gasteiger partial charge in [-0.3, -0.25) is 0 Å². The van der Waals surface area contributed by atoms with Gasteiger partial charge in [0, 0.05) is 17.8 Å². The summed E-state index contributed by atoms with van der Waals surface area (Å²) in [6.45, 7) is 1.73. The van der Waals surface area contributed by atoms with E-state index in [4.69, 9.17) is 16.3 Å². The lowest BCUT2D eigenvalue weighted by Crippen LogP contribution is -1.98. The van der Waals surface area contributed by atoms with E-state index in [1.54, 1.807) is 19.1 Å². The summed E-state index contributed by atoms with van der Waals surface area (Å²) in [5.41, 5.74) is 0.558. The van der Waals surface area contributed by atoms with Crippen LogP contribution in [0.4, 0.5) is 15.9 Å². The van der Waals surface area contributed by atoms with Gasteiger partial charge in [-0.2, -0.15) is 0 Å². The predicted octanol–water partition coefficient (Wildman–Crippen LogP) is 3.33. The highest BCUT2D eigenvalue weighted by Gasteiger charge is 2.05. The molecule has 0 saturated heterocycles. The van der Waals surface area contributed by atoms with Crippen molar-refractivity contribution in [3.8, 4) is 5.75 Å². The summed E-state index contributed by atoms with van der Waals surface area (Å²) >= 11 is 5.81. The van der Waals surface area contributed by atoms with Gasteiger partial charge in [-0.05, 0) is 19.1 Å². The monoisotopic (exact) mass is 267 g/mol. The molecule has 18 heavy (non-hydrogen) atoms. The van der Waals surface area contributed by atoms with E-state index in [1.165, 1.54) is 19.2 Å². The smallest absolute Gasteiger partial charge is 0.167 e. The van der Waals surface area contributed by atoms with Crippen LogP contribution < -0.4 is 10.1 Å². The topological polar surface area (TPSA) is 47.0 Å². The van der Waals surface area contributed by atoms with E-state index in [1.807, 2.05) is 0 Å². The van der Waals surface area contributed by atoms with Crippen molar-refractivity contribution in [2.75, 3.05) is 12.4 Å². The van der Waals surface area contributed by atoms with Crippen LogP contribution in [-0.4, -0.2) is 17.1 Å². The predicted molar refractivity (Wildman–Crippen MR) is 68.0 cm³/mol. The normalized spacial score (nSPS) is 10.2. The molecule has 0 aliphatic heterocycles. The van der Waals surface area contributed by atoms with Gasteiger partial charge in [0.25, 0.3) is 0 Å². The van der Waals surface area contributed by atoms with Crippen LogP contribution >= 0.6 is 11.6 Å². The third kappa shape index (κ3) is 2.87. The molecule has 1 N–H and O–H groups in total. The Balaban J connectivity index is 2.25.